The molecule has 2 aromatic rings. The normalized spacial score (nSPS) is 19.0. The Kier molecular flexibility index (Phi) is 3.17. The summed E-state index contributed by atoms with van der Waals surface area (Å²) in [5.41, 5.74) is 0.823. The molecule has 1 aromatic heterocycles. The summed E-state index contributed by atoms with van der Waals surface area (Å²) in [6, 6.07) is 7.70. The van der Waals surface area contributed by atoms with Gasteiger partial charge in [0, 0.05) is 29.4 Å². The quantitative estimate of drug-likeness (QED) is 0.864. The topological polar surface area (TPSA) is 54.0 Å². The van der Waals surface area contributed by atoms with Gasteiger partial charge < -0.3 is 5.32 Å². The van der Waals surface area contributed by atoms with Gasteiger partial charge in [-0.2, -0.15) is 0 Å². The maximum absolute atomic E-state index is 12.1. The van der Waals surface area contributed by atoms with E-state index in [1.807, 2.05) is 24.3 Å². The van der Waals surface area contributed by atoms with E-state index in [1.54, 1.807) is 24.2 Å². The van der Waals surface area contributed by atoms with E-state index >= 15 is 0 Å². The van der Waals surface area contributed by atoms with Crippen LogP contribution in [0.25, 0.3) is 10.8 Å². The summed E-state index contributed by atoms with van der Waals surface area (Å²) >= 11 is 1.74. The van der Waals surface area contributed by atoms with Crippen LogP contribution in [-0.2, 0) is 4.79 Å². The predicted octanol–water partition coefficient (Wildman–Crippen LogP) is 1.84. The van der Waals surface area contributed by atoms with Crippen LogP contribution in [0.15, 0.2) is 36.7 Å². The largest absolute Gasteiger partial charge is 0.324 e. The predicted molar refractivity (Wildman–Crippen MR) is 74.6 cm³/mol. The molecule has 1 amide bonds. The number of hydrogen-bond acceptors (Lipinski definition) is 4. The molecule has 0 saturated carbocycles. The number of carbonyl (C=O) groups excluding carboxylic acids is 1. The lowest BCUT2D eigenvalue weighted by Crippen LogP contribution is -2.37. The molecule has 92 valence electrons. The molecule has 0 spiro atoms. The second-order valence-electron chi connectivity index (χ2n) is 4.16. The average Bonchev–Trinajstić information content (AvgIpc) is 2.93. The molecule has 1 saturated heterocycles. The van der Waals surface area contributed by atoms with E-state index in [-0.39, 0.29) is 11.9 Å². The average molecular weight is 259 g/mol. The van der Waals surface area contributed by atoms with Crippen molar-refractivity contribution in [1.82, 2.24) is 10.3 Å². The van der Waals surface area contributed by atoms with Gasteiger partial charge in [-0.3, -0.25) is 15.1 Å². The lowest BCUT2D eigenvalue weighted by Gasteiger charge is -2.12. The van der Waals surface area contributed by atoms with Crippen molar-refractivity contribution in [2.24, 2.45) is 0 Å². The molecule has 4 nitrogen and oxygen atoms in total. The highest BCUT2D eigenvalue weighted by Gasteiger charge is 2.22. The number of thioether (sulfide) groups is 1. The van der Waals surface area contributed by atoms with Crippen molar-refractivity contribution in [2.75, 3.05) is 16.9 Å². The third-order valence-electron chi connectivity index (χ3n) is 2.97. The molecule has 1 atom stereocenters. The first kappa shape index (κ1) is 11.5. The zero-order valence-electron chi connectivity index (χ0n) is 9.72. The highest BCUT2D eigenvalue weighted by Crippen LogP contribution is 2.22. The van der Waals surface area contributed by atoms with Gasteiger partial charge in [-0.25, -0.2) is 0 Å². The molecule has 1 aliphatic heterocycles. The van der Waals surface area contributed by atoms with Crippen molar-refractivity contribution in [1.29, 1.82) is 0 Å². The molecule has 2 N–H and O–H groups in total. The Labute approximate surface area is 109 Å². The van der Waals surface area contributed by atoms with Crippen molar-refractivity contribution in [3.63, 3.8) is 0 Å². The third kappa shape index (κ3) is 2.19. The number of rotatable bonds is 2. The van der Waals surface area contributed by atoms with Crippen LogP contribution in [0.5, 0.6) is 0 Å². The van der Waals surface area contributed by atoms with Gasteiger partial charge in [0.25, 0.3) is 0 Å². The lowest BCUT2D eigenvalue weighted by molar-refractivity contribution is -0.117. The third-order valence-corrected chi connectivity index (χ3v) is 3.91. The van der Waals surface area contributed by atoms with Gasteiger partial charge in [-0.1, -0.05) is 12.1 Å². The molecule has 2 heterocycles. The Morgan fingerprint density at radius 3 is 3.22 bits per heavy atom. The number of carbonyl (C=O) groups is 1. The van der Waals surface area contributed by atoms with E-state index in [1.165, 1.54) is 0 Å². The lowest BCUT2D eigenvalue weighted by atomic mass is 10.1. The Morgan fingerprint density at radius 1 is 1.44 bits per heavy atom. The Hall–Kier alpha value is -1.59. The van der Waals surface area contributed by atoms with E-state index < -0.39 is 0 Å². The van der Waals surface area contributed by atoms with Crippen molar-refractivity contribution in [3.8, 4) is 0 Å². The first-order chi connectivity index (χ1) is 8.84. The highest BCUT2D eigenvalue weighted by molar-refractivity contribution is 7.99. The summed E-state index contributed by atoms with van der Waals surface area (Å²) in [6.07, 6.45) is 3.53. The molecule has 0 aliphatic carbocycles. The number of nitrogens with zero attached hydrogens (tertiary/aromatic N) is 1. The summed E-state index contributed by atoms with van der Waals surface area (Å²) in [7, 11) is 0. The summed E-state index contributed by atoms with van der Waals surface area (Å²) in [4.78, 5) is 16.2. The second-order valence-corrected chi connectivity index (χ2v) is 5.19. The van der Waals surface area contributed by atoms with E-state index in [0.717, 1.165) is 28.1 Å². The zero-order valence-corrected chi connectivity index (χ0v) is 10.5. The number of amides is 1. The van der Waals surface area contributed by atoms with Crippen molar-refractivity contribution in [2.45, 2.75) is 6.04 Å². The monoisotopic (exact) mass is 259 g/mol. The Bertz CT molecular complexity index is 576. The van der Waals surface area contributed by atoms with Crippen molar-refractivity contribution >= 4 is 34.1 Å². The van der Waals surface area contributed by atoms with Gasteiger partial charge in [-0.05, 0) is 17.5 Å². The van der Waals surface area contributed by atoms with Gasteiger partial charge in [0.15, 0.2) is 0 Å². The number of nitrogens with one attached hydrogen (secondary N) is 2. The Balaban J connectivity index is 1.88. The van der Waals surface area contributed by atoms with Crippen LogP contribution >= 0.6 is 11.8 Å². The minimum absolute atomic E-state index is 0.0244. The number of fused-ring (bicyclic) bond motifs is 1. The van der Waals surface area contributed by atoms with Crippen molar-refractivity contribution < 1.29 is 4.79 Å². The van der Waals surface area contributed by atoms with Crippen LogP contribution < -0.4 is 10.6 Å². The minimum Gasteiger partial charge on any atom is -0.324 e. The molecule has 1 aliphatic rings. The first-order valence-corrected chi connectivity index (χ1v) is 6.95. The molecule has 5 heteroatoms. The molecule has 0 radical (unpaired) electrons. The van der Waals surface area contributed by atoms with Gasteiger partial charge in [0.05, 0.1) is 11.7 Å². The van der Waals surface area contributed by atoms with E-state index in [9.17, 15) is 4.79 Å². The van der Waals surface area contributed by atoms with Gasteiger partial charge in [0.1, 0.15) is 0 Å². The molecule has 1 fully saturated rings. The SMILES string of the molecule is O=C(Nc1cccc2ccncc12)C1CSCN1. The number of hydrogen-bond donors (Lipinski definition) is 2. The van der Waals surface area contributed by atoms with Gasteiger partial charge in [-0.15, -0.1) is 11.8 Å². The van der Waals surface area contributed by atoms with E-state index in [4.69, 9.17) is 0 Å². The van der Waals surface area contributed by atoms with Crippen molar-refractivity contribution in [3.05, 3.63) is 36.7 Å². The summed E-state index contributed by atoms with van der Waals surface area (Å²) in [5.74, 6) is 1.70. The number of pyridine rings is 1. The standard InChI is InChI=1S/C13H13N3OS/c17-13(12-7-18-8-15-12)16-11-3-1-2-9-4-5-14-6-10(9)11/h1-6,12,15H,7-8H2,(H,16,17). The molecular weight excluding hydrogens is 246 g/mol. The van der Waals surface area contributed by atoms with Crippen LogP contribution in [0.2, 0.25) is 0 Å². The minimum atomic E-state index is -0.0954. The molecule has 0 bridgehead atoms. The fourth-order valence-corrected chi connectivity index (χ4v) is 2.95. The number of anilines is 1. The molecule has 1 aromatic carbocycles. The fourth-order valence-electron chi connectivity index (χ4n) is 2.01. The highest BCUT2D eigenvalue weighted by atomic mass is 32.2. The maximum atomic E-state index is 12.1. The number of aromatic nitrogens is 1. The molecule has 18 heavy (non-hydrogen) atoms. The first-order valence-electron chi connectivity index (χ1n) is 5.79. The summed E-state index contributed by atoms with van der Waals surface area (Å²) in [6.45, 7) is 0. The van der Waals surface area contributed by atoms with E-state index in [0.29, 0.717) is 0 Å². The fraction of sp³-hybridized carbons (Fsp3) is 0.231. The summed E-state index contributed by atoms with van der Waals surface area (Å²) in [5, 5.41) is 8.18. The number of benzene rings is 1. The second kappa shape index (κ2) is 4.96. The molecule has 1 unspecified atom stereocenters. The van der Waals surface area contributed by atoms with Crippen LogP contribution in [0, 0.1) is 0 Å². The van der Waals surface area contributed by atoms with Gasteiger partial charge in [0.2, 0.25) is 5.91 Å². The smallest absolute Gasteiger partial charge is 0.242 e. The van der Waals surface area contributed by atoms with Crippen LogP contribution in [0.4, 0.5) is 5.69 Å². The van der Waals surface area contributed by atoms with E-state index in [2.05, 4.69) is 15.6 Å². The zero-order chi connectivity index (χ0) is 12.4. The maximum Gasteiger partial charge on any atom is 0.242 e. The van der Waals surface area contributed by atoms with Crippen LogP contribution in [0.3, 0.4) is 0 Å². The van der Waals surface area contributed by atoms with Crippen LogP contribution in [0.1, 0.15) is 0 Å². The molecular formula is C13H13N3OS. The molecule has 3 rings (SSSR count). The summed E-state index contributed by atoms with van der Waals surface area (Å²) < 4.78 is 0. The van der Waals surface area contributed by atoms with Crippen LogP contribution in [-0.4, -0.2) is 28.6 Å². The Morgan fingerprint density at radius 2 is 2.39 bits per heavy atom. The van der Waals surface area contributed by atoms with Gasteiger partial charge >= 0.3 is 0 Å².